The van der Waals surface area contributed by atoms with Crippen molar-refractivity contribution in [1.82, 2.24) is 15.0 Å². The number of carbonyl (C=O) groups is 1. The van der Waals surface area contributed by atoms with Gasteiger partial charge in [-0.25, -0.2) is 18.6 Å². The molecule has 0 fully saturated rings. The van der Waals surface area contributed by atoms with E-state index in [1.807, 2.05) is 12.1 Å². The zero-order valence-electron chi connectivity index (χ0n) is 18.1. The van der Waals surface area contributed by atoms with Crippen LogP contribution in [0.15, 0.2) is 91.4 Å². The van der Waals surface area contributed by atoms with Crippen molar-refractivity contribution in [2.24, 2.45) is 0 Å². The van der Waals surface area contributed by atoms with Crippen molar-refractivity contribution in [3.63, 3.8) is 0 Å². The normalized spacial score (nSPS) is 10.7. The minimum atomic E-state index is -0.614. The molecule has 2 aromatic heterocycles. The minimum absolute atomic E-state index is 0.0933. The Bertz CT molecular complexity index is 1530. The zero-order valence-corrected chi connectivity index (χ0v) is 18.1. The van der Waals surface area contributed by atoms with E-state index in [1.165, 1.54) is 36.4 Å². The molecule has 2 amide bonds. The molecule has 0 unspecified atom stereocenters. The van der Waals surface area contributed by atoms with Crippen LogP contribution in [0.2, 0.25) is 0 Å². The maximum absolute atomic E-state index is 14.5. The number of hydrogen-bond donors (Lipinski definition) is 2. The first-order valence-corrected chi connectivity index (χ1v) is 10.5. The quantitative estimate of drug-likeness (QED) is 0.311. The number of rotatable bonds is 5. The second-order valence-corrected chi connectivity index (χ2v) is 7.48. The van der Waals surface area contributed by atoms with Crippen molar-refractivity contribution >= 4 is 28.4 Å². The van der Waals surface area contributed by atoms with Crippen molar-refractivity contribution in [2.45, 2.75) is 0 Å². The molecule has 2 heterocycles. The average Bonchev–Trinajstić information content (AvgIpc) is 2.86. The van der Waals surface area contributed by atoms with Gasteiger partial charge in [-0.05, 0) is 54.6 Å². The summed E-state index contributed by atoms with van der Waals surface area (Å²) >= 11 is 0. The summed E-state index contributed by atoms with van der Waals surface area (Å²) in [5.74, 6) is -0.844. The van der Waals surface area contributed by atoms with Crippen molar-refractivity contribution in [3.05, 3.63) is 103 Å². The number of anilines is 2. The first-order chi connectivity index (χ1) is 17.0. The summed E-state index contributed by atoms with van der Waals surface area (Å²) in [7, 11) is 0. The van der Waals surface area contributed by atoms with Crippen molar-refractivity contribution in [2.75, 3.05) is 10.6 Å². The topological polar surface area (TPSA) is 89.0 Å². The van der Waals surface area contributed by atoms with E-state index in [2.05, 4.69) is 25.6 Å². The third-order valence-electron chi connectivity index (χ3n) is 4.97. The van der Waals surface area contributed by atoms with E-state index < -0.39 is 17.7 Å². The maximum atomic E-state index is 14.5. The van der Waals surface area contributed by atoms with Crippen LogP contribution < -0.4 is 15.4 Å². The highest BCUT2D eigenvalue weighted by atomic mass is 19.1. The first-order valence-electron chi connectivity index (χ1n) is 10.5. The third kappa shape index (κ3) is 5.19. The van der Waals surface area contributed by atoms with Gasteiger partial charge in [0.15, 0.2) is 11.6 Å². The Morgan fingerprint density at radius 2 is 1.69 bits per heavy atom. The highest BCUT2D eigenvalue weighted by molar-refractivity contribution is 5.99. The van der Waals surface area contributed by atoms with E-state index >= 15 is 0 Å². The lowest BCUT2D eigenvalue weighted by molar-refractivity contribution is 0.262. The Morgan fingerprint density at radius 1 is 0.829 bits per heavy atom. The lowest BCUT2D eigenvalue weighted by atomic mass is 10.2. The van der Waals surface area contributed by atoms with E-state index in [4.69, 9.17) is 4.74 Å². The molecule has 2 N–H and O–H groups in total. The van der Waals surface area contributed by atoms with Gasteiger partial charge in [-0.1, -0.05) is 6.07 Å². The predicted octanol–water partition coefficient (Wildman–Crippen LogP) is 6.41. The molecule has 0 spiro atoms. The van der Waals surface area contributed by atoms with Crippen LogP contribution in [0.5, 0.6) is 11.5 Å². The minimum Gasteiger partial charge on any atom is -0.454 e. The monoisotopic (exact) mass is 469 g/mol. The van der Waals surface area contributed by atoms with E-state index in [0.717, 1.165) is 5.56 Å². The summed E-state index contributed by atoms with van der Waals surface area (Å²) in [6.45, 7) is 0. The molecular weight excluding hydrogens is 452 g/mol. The van der Waals surface area contributed by atoms with Crippen LogP contribution in [-0.2, 0) is 0 Å². The van der Waals surface area contributed by atoms with Gasteiger partial charge in [0.25, 0.3) is 0 Å². The summed E-state index contributed by atoms with van der Waals surface area (Å²) in [4.78, 5) is 25.4. The van der Waals surface area contributed by atoms with Gasteiger partial charge < -0.3 is 15.4 Å². The summed E-state index contributed by atoms with van der Waals surface area (Å²) in [6, 6.07) is 17.5. The number of nitrogens with one attached hydrogen (secondary N) is 2. The molecule has 0 atom stereocenters. The van der Waals surface area contributed by atoms with Crippen molar-refractivity contribution < 1.29 is 18.3 Å². The lowest BCUT2D eigenvalue weighted by Crippen LogP contribution is -2.19. The highest BCUT2D eigenvalue weighted by Crippen LogP contribution is 2.29. The number of pyridine rings is 1. The standard InChI is InChI=1S/C26H17F2N5O2/c27-17-4-1-5-18(11-17)31-26(34)32-19-6-8-21(28)25(12-19)35-20-7-9-22-23(13-20)33-24(15-30-22)16-3-2-10-29-14-16/h1-15H,(H2,31,32,34). The van der Waals surface area contributed by atoms with E-state index in [9.17, 15) is 13.6 Å². The molecule has 0 aliphatic carbocycles. The SMILES string of the molecule is O=C(Nc1cccc(F)c1)Nc1ccc(F)c(Oc2ccc3ncc(-c4cccnc4)nc3c2)c1. The molecule has 0 bridgehead atoms. The summed E-state index contributed by atoms with van der Waals surface area (Å²) in [5.41, 5.74) is 3.24. The van der Waals surface area contributed by atoms with Crippen LogP contribution in [-0.4, -0.2) is 21.0 Å². The molecule has 5 aromatic rings. The molecule has 3 aromatic carbocycles. The second kappa shape index (κ2) is 9.52. The van der Waals surface area contributed by atoms with Gasteiger partial charge in [0, 0.05) is 41.5 Å². The Hall–Kier alpha value is -4.92. The molecule has 0 aliphatic rings. The molecule has 0 saturated heterocycles. The lowest BCUT2D eigenvalue weighted by Gasteiger charge is -2.11. The molecule has 7 nitrogen and oxygen atoms in total. The van der Waals surface area contributed by atoms with Crippen molar-refractivity contribution in [3.8, 4) is 22.8 Å². The molecule has 35 heavy (non-hydrogen) atoms. The fraction of sp³-hybridized carbons (Fsp3) is 0. The number of hydrogen-bond acceptors (Lipinski definition) is 5. The third-order valence-corrected chi connectivity index (χ3v) is 4.97. The Morgan fingerprint density at radius 3 is 2.49 bits per heavy atom. The maximum Gasteiger partial charge on any atom is 0.323 e. The number of ether oxygens (including phenoxy) is 1. The Balaban J connectivity index is 1.35. The van der Waals surface area contributed by atoms with Gasteiger partial charge in [-0.3, -0.25) is 9.97 Å². The molecular formula is C26H17F2N5O2. The van der Waals surface area contributed by atoms with Crippen molar-refractivity contribution in [1.29, 1.82) is 0 Å². The zero-order chi connectivity index (χ0) is 24.2. The predicted molar refractivity (Wildman–Crippen MR) is 128 cm³/mol. The number of benzene rings is 3. The van der Waals surface area contributed by atoms with Crippen LogP contribution in [0.3, 0.4) is 0 Å². The number of urea groups is 1. The number of nitrogens with zero attached hydrogens (tertiary/aromatic N) is 3. The van der Waals surface area contributed by atoms with Gasteiger partial charge in [0.05, 0.1) is 22.9 Å². The van der Waals surface area contributed by atoms with E-state index in [-0.39, 0.29) is 17.1 Å². The van der Waals surface area contributed by atoms with Gasteiger partial charge in [0.2, 0.25) is 0 Å². The number of amides is 2. The van der Waals surface area contributed by atoms with Crippen LogP contribution in [0.4, 0.5) is 25.0 Å². The van der Waals surface area contributed by atoms with Crippen LogP contribution in [0.1, 0.15) is 0 Å². The summed E-state index contributed by atoms with van der Waals surface area (Å²) in [5, 5.41) is 5.08. The number of fused-ring (bicyclic) bond motifs is 1. The molecule has 5 rings (SSSR count). The Labute approximate surface area is 198 Å². The average molecular weight is 469 g/mol. The Kier molecular flexibility index (Phi) is 5.96. The summed E-state index contributed by atoms with van der Waals surface area (Å²) < 4.78 is 33.5. The van der Waals surface area contributed by atoms with Crippen LogP contribution >= 0.6 is 0 Å². The number of carbonyl (C=O) groups excluding carboxylic acids is 1. The first kappa shape index (κ1) is 21.9. The number of aromatic nitrogens is 3. The fourth-order valence-electron chi connectivity index (χ4n) is 3.35. The second-order valence-electron chi connectivity index (χ2n) is 7.48. The summed E-state index contributed by atoms with van der Waals surface area (Å²) in [6.07, 6.45) is 5.02. The van der Waals surface area contributed by atoms with Gasteiger partial charge >= 0.3 is 6.03 Å². The van der Waals surface area contributed by atoms with Gasteiger partial charge in [-0.2, -0.15) is 0 Å². The van der Waals surface area contributed by atoms with E-state index in [0.29, 0.717) is 22.5 Å². The largest absolute Gasteiger partial charge is 0.454 e. The fourth-order valence-corrected chi connectivity index (χ4v) is 3.35. The highest BCUT2D eigenvalue weighted by Gasteiger charge is 2.11. The van der Waals surface area contributed by atoms with Gasteiger partial charge in [-0.15, -0.1) is 0 Å². The molecule has 0 saturated carbocycles. The number of halogens is 2. The molecule has 9 heteroatoms. The molecule has 172 valence electrons. The molecule has 0 aliphatic heterocycles. The van der Waals surface area contributed by atoms with Gasteiger partial charge in [0.1, 0.15) is 11.6 Å². The van der Waals surface area contributed by atoms with Crippen LogP contribution in [0.25, 0.3) is 22.3 Å². The smallest absolute Gasteiger partial charge is 0.323 e. The van der Waals surface area contributed by atoms with E-state index in [1.54, 1.807) is 42.9 Å². The molecule has 0 radical (unpaired) electrons. The van der Waals surface area contributed by atoms with Crippen LogP contribution in [0, 0.1) is 11.6 Å².